The molecular weight excluding hydrogens is 372 g/mol. The molecule has 0 spiro atoms. The van der Waals surface area contributed by atoms with Gasteiger partial charge in [-0.15, -0.1) is 0 Å². The fourth-order valence-electron chi connectivity index (χ4n) is 2.95. The van der Waals surface area contributed by atoms with Crippen LogP contribution < -0.4 is 10.1 Å². The Morgan fingerprint density at radius 1 is 1.38 bits per heavy atom. The van der Waals surface area contributed by atoms with E-state index in [1.54, 1.807) is 32.0 Å². The molecule has 0 saturated carbocycles. The van der Waals surface area contributed by atoms with Crippen LogP contribution in [0.2, 0.25) is 0 Å². The minimum atomic E-state index is -3.76. The second-order valence-electron chi connectivity index (χ2n) is 8.01. The first-order valence-corrected chi connectivity index (χ1v) is 10.4. The van der Waals surface area contributed by atoms with Crippen LogP contribution in [0.3, 0.4) is 0 Å². The molecule has 0 fully saturated rings. The van der Waals surface area contributed by atoms with Crippen molar-refractivity contribution in [3.05, 3.63) is 29.3 Å². The summed E-state index contributed by atoms with van der Waals surface area (Å²) in [6, 6.07) is 7.13. The smallest absolute Gasteiger partial charge is 0.264 e. The second kappa shape index (κ2) is 6.80. The number of nitrogens with zero attached hydrogens (tertiary/aromatic N) is 1. The Balaban J connectivity index is 2.64. The lowest BCUT2D eigenvalue weighted by atomic mass is 9.80. The van der Waals surface area contributed by atoms with E-state index in [9.17, 15) is 13.7 Å². The maximum atomic E-state index is 11.9. The highest BCUT2D eigenvalue weighted by Gasteiger charge is 2.48. The number of rotatable bonds is 3. The van der Waals surface area contributed by atoms with Crippen molar-refractivity contribution in [2.75, 3.05) is 6.26 Å². The van der Waals surface area contributed by atoms with E-state index in [0.29, 0.717) is 21.9 Å². The van der Waals surface area contributed by atoms with E-state index in [1.807, 2.05) is 20.8 Å². The average Bonchev–Trinajstić information content (AvgIpc) is 2.43. The van der Waals surface area contributed by atoms with Crippen LogP contribution in [0.15, 0.2) is 18.2 Å². The maximum Gasteiger partial charge on any atom is 0.264 e. The van der Waals surface area contributed by atoms with Crippen molar-refractivity contribution in [2.24, 2.45) is 0 Å². The number of hydrogen-bond acceptors (Lipinski definition) is 6. The van der Waals surface area contributed by atoms with Crippen molar-refractivity contribution in [3.8, 4) is 11.8 Å². The lowest BCUT2D eigenvalue weighted by molar-refractivity contribution is -0.0289. The molecule has 26 heavy (non-hydrogen) atoms. The third kappa shape index (κ3) is 4.72. The zero-order valence-corrected chi connectivity index (χ0v) is 17.4. The van der Waals surface area contributed by atoms with Gasteiger partial charge in [0.05, 0.1) is 28.8 Å². The lowest BCUT2D eigenvalue weighted by Crippen LogP contribution is -2.56. The number of thiocarbonyl (C=S) groups is 1. The molecule has 0 unspecified atom stereocenters. The van der Waals surface area contributed by atoms with E-state index in [-0.39, 0.29) is 5.54 Å². The molecule has 0 radical (unpaired) electrons. The highest BCUT2D eigenvalue weighted by molar-refractivity contribution is 7.86. The molecule has 0 bridgehead atoms. The van der Waals surface area contributed by atoms with Gasteiger partial charge in [0.2, 0.25) is 0 Å². The molecule has 1 aromatic rings. The Hall–Kier alpha value is -1.69. The SMILES string of the molecule is CC(C)(C)NC(=S)[C@H]1c2cc(C#N)ccc2OC(C)(C)[C@@H]1OS(C)(=O)=O. The molecule has 1 aliphatic heterocycles. The van der Waals surface area contributed by atoms with Crippen LogP contribution in [-0.2, 0) is 14.3 Å². The summed E-state index contributed by atoms with van der Waals surface area (Å²) in [5, 5.41) is 12.5. The molecule has 1 N–H and O–H groups in total. The molecule has 6 nitrogen and oxygen atoms in total. The zero-order chi connectivity index (χ0) is 19.9. The summed E-state index contributed by atoms with van der Waals surface area (Å²) in [5.41, 5.74) is -0.187. The molecule has 2 rings (SSSR count). The molecule has 1 aliphatic rings. The molecule has 8 heteroatoms. The van der Waals surface area contributed by atoms with Crippen molar-refractivity contribution in [1.29, 1.82) is 5.26 Å². The van der Waals surface area contributed by atoms with Crippen LogP contribution >= 0.6 is 12.2 Å². The van der Waals surface area contributed by atoms with Gasteiger partial charge in [-0.1, -0.05) is 12.2 Å². The van der Waals surface area contributed by atoms with E-state index in [4.69, 9.17) is 21.1 Å². The Morgan fingerprint density at radius 3 is 2.50 bits per heavy atom. The molecule has 142 valence electrons. The summed E-state index contributed by atoms with van der Waals surface area (Å²) in [6.07, 6.45) is 0.128. The lowest BCUT2D eigenvalue weighted by Gasteiger charge is -2.44. The molecule has 0 amide bonds. The van der Waals surface area contributed by atoms with E-state index in [2.05, 4.69) is 11.4 Å². The number of nitriles is 1. The summed E-state index contributed by atoms with van der Waals surface area (Å²) >= 11 is 5.62. The Labute approximate surface area is 160 Å². The van der Waals surface area contributed by atoms with Crippen LogP contribution in [0, 0.1) is 11.3 Å². The van der Waals surface area contributed by atoms with Crippen molar-refractivity contribution >= 4 is 27.3 Å². The Kier molecular flexibility index (Phi) is 5.39. The molecule has 1 aromatic carbocycles. The topological polar surface area (TPSA) is 88.4 Å². The van der Waals surface area contributed by atoms with Crippen molar-refractivity contribution in [1.82, 2.24) is 5.32 Å². The summed E-state index contributed by atoms with van der Waals surface area (Å²) in [5.74, 6) is -0.0172. The van der Waals surface area contributed by atoms with Gasteiger partial charge in [0.15, 0.2) is 0 Å². The average molecular weight is 397 g/mol. The third-order valence-electron chi connectivity index (χ3n) is 3.89. The first-order chi connectivity index (χ1) is 11.7. The quantitative estimate of drug-likeness (QED) is 0.621. The zero-order valence-electron chi connectivity index (χ0n) is 15.8. The summed E-state index contributed by atoms with van der Waals surface area (Å²) in [7, 11) is -3.76. The predicted molar refractivity (Wildman–Crippen MR) is 104 cm³/mol. The normalized spacial score (nSPS) is 21.9. The van der Waals surface area contributed by atoms with E-state index in [0.717, 1.165) is 6.26 Å². The molecule has 0 aliphatic carbocycles. The summed E-state index contributed by atoms with van der Waals surface area (Å²) in [4.78, 5) is 0.443. The van der Waals surface area contributed by atoms with Crippen LogP contribution in [-0.4, -0.2) is 36.9 Å². The first-order valence-electron chi connectivity index (χ1n) is 8.17. The number of benzene rings is 1. The van der Waals surface area contributed by atoms with Gasteiger partial charge in [0, 0.05) is 11.1 Å². The fourth-order valence-corrected chi connectivity index (χ4v) is 4.22. The van der Waals surface area contributed by atoms with E-state index >= 15 is 0 Å². The molecule has 2 atom stereocenters. The molecule has 0 aromatic heterocycles. The Bertz CT molecular complexity index is 864. The van der Waals surface area contributed by atoms with Crippen LogP contribution in [0.4, 0.5) is 0 Å². The first kappa shape index (κ1) is 20.6. The Morgan fingerprint density at radius 2 is 2.00 bits per heavy atom. The van der Waals surface area contributed by atoms with E-state index < -0.39 is 27.7 Å². The van der Waals surface area contributed by atoms with Crippen LogP contribution in [0.1, 0.15) is 51.7 Å². The third-order valence-corrected chi connectivity index (χ3v) is 4.81. The highest BCUT2D eigenvalue weighted by atomic mass is 32.2. The van der Waals surface area contributed by atoms with Gasteiger partial charge in [-0.2, -0.15) is 13.7 Å². The minimum Gasteiger partial charge on any atom is -0.485 e. The predicted octanol–water partition coefficient (Wildman–Crippen LogP) is 2.87. The minimum absolute atomic E-state index is 0.317. The summed E-state index contributed by atoms with van der Waals surface area (Å²) < 4.78 is 35.2. The molecule has 0 saturated heterocycles. The highest BCUT2D eigenvalue weighted by Crippen LogP contribution is 2.44. The van der Waals surface area contributed by atoms with Gasteiger partial charge in [-0.25, -0.2) is 0 Å². The largest absolute Gasteiger partial charge is 0.485 e. The number of ether oxygens (including phenoxy) is 1. The van der Waals surface area contributed by atoms with E-state index in [1.165, 1.54) is 0 Å². The van der Waals surface area contributed by atoms with Crippen LogP contribution in [0.25, 0.3) is 0 Å². The van der Waals surface area contributed by atoms with Crippen LogP contribution in [0.5, 0.6) is 5.75 Å². The monoisotopic (exact) mass is 396 g/mol. The van der Waals surface area contributed by atoms with Crippen molar-refractivity contribution < 1.29 is 17.3 Å². The van der Waals surface area contributed by atoms with Crippen molar-refractivity contribution in [3.63, 3.8) is 0 Å². The van der Waals surface area contributed by atoms with Gasteiger partial charge >= 0.3 is 0 Å². The maximum absolute atomic E-state index is 11.9. The van der Waals surface area contributed by atoms with Gasteiger partial charge in [0.1, 0.15) is 17.5 Å². The number of hydrogen-bond donors (Lipinski definition) is 1. The number of fused-ring (bicyclic) bond motifs is 1. The number of nitrogens with one attached hydrogen (secondary N) is 1. The van der Waals surface area contributed by atoms with Gasteiger partial charge in [-0.3, -0.25) is 4.18 Å². The van der Waals surface area contributed by atoms with Gasteiger partial charge < -0.3 is 10.1 Å². The summed E-state index contributed by atoms with van der Waals surface area (Å²) in [6.45, 7) is 9.40. The molecular formula is C18H24N2O4S2. The van der Waals surface area contributed by atoms with Crippen molar-refractivity contribution in [2.45, 2.75) is 57.8 Å². The fraction of sp³-hybridized carbons (Fsp3) is 0.556. The van der Waals surface area contributed by atoms with Gasteiger partial charge in [-0.05, 0) is 52.8 Å². The van der Waals surface area contributed by atoms with Gasteiger partial charge in [0.25, 0.3) is 10.1 Å². The second-order valence-corrected chi connectivity index (χ2v) is 10.0. The standard InChI is InChI=1S/C18H24N2O4S2/c1-17(2,3)20-16(25)14-12-9-11(10-19)7-8-13(12)23-18(4,5)15(14)24-26(6,21)22/h7-9,14-15H,1-6H3,(H,20,25)/t14-,15+/m0/s1. The molecule has 1 heterocycles.